The Morgan fingerprint density at radius 1 is 1.22 bits per heavy atom. The van der Waals surface area contributed by atoms with E-state index >= 15 is 0 Å². The maximum atomic E-state index is 12.4. The third-order valence-electron chi connectivity index (χ3n) is 3.04. The Balaban J connectivity index is 2.26. The van der Waals surface area contributed by atoms with E-state index in [0.29, 0.717) is 17.1 Å². The molecule has 18 heavy (non-hydrogen) atoms. The number of piperazine rings is 1. The average Bonchev–Trinajstić information content (AvgIpc) is 2.46. The summed E-state index contributed by atoms with van der Waals surface area (Å²) in [5, 5.41) is 3.22. The number of carbonyl (C=O) groups is 1. The molecule has 2 rings (SSSR count). The van der Waals surface area contributed by atoms with Crippen LogP contribution in [0.3, 0.4) is 0 Å². The second-order valence-corrected chi connectivity index (χ2v) is 4.11. The summed E-state index contributed by atoms with van der Waals surface area (Å²) in [6, 6.07) is 5.27. The lowest BCUT2D eigenvalue weighted by atomic mass is 10.1. The standard InChI is InChI=1S/C13H18N2O3/c1-17-10-3-4-12(18-2)11(9-10)13(16)15-7-5-14-6-8-15/h3-4,9,14H,5-8H2,1-2H3. The van der Waals surface area contributed by atoms with E-state index in [1.807, 2.05) is 4.90 Å². The first kappa shape index (κ1) is 12.7. The van der Waals surface area contributed by atoms with Crippen molar-refractivity contribution < 1.29 is 14.3 Å². The number of amides is 1. The zero-order valence-electron chi connectivity index (χ0n) is 10.7. The van der Waals surface area contributed by atoms with Crippen LogP contribution in [0.15, 0.2) is 18.2 Å². The van der Waals surface area contributed by atoms with Crippen LogP contribution >= 0.6 is 0 Å². The topological polar surface area (TPSA) is 50.8 Å². The van der Waals surface area contributed by atoms with Crippen molar-refractivity contribution in [3.63, 3.8) is 0 Å². The minimum Gasteiger partial charge on any atom is -0.497 e. The summed E-state index contributed by atoms with van der Waals surface area (Å²) in [5.41, 5.74) is 0.554. The van der Waals surface area contributed by atoms with Crippen LogP contribution in [0.2, 0.25) is 0 Å². The second kappa shape index (κ2) is 5.73. The van der Waals surface area contributed by atoms with Gasteiger partial charge in [-0.25, -0.2) is 0 Å². The van der Waals surface area contributed by atoms with E-state index in [2.05, 4.69) is 5.32 Å². The molecule has 1 heterocycles. The van der Waals surface area contributed by atoms with Crippen molar-refractivity contribution in [1.82, 2.24) is 10.2 Å². The normalized spacial score (nSPS) is 15.3. The summed E-state index contributed by atoms with van der Waals surface area (Å²) in [7, 11) is 3.15. The van der Waals surface area contributed by atoms with Gasteiger partial charge in [-0.1, -0.05) is 0 Å². The molecule has 0 atom stereocenters. The molecule has 0 aliphatic carbocycles. The fourth-order valence-electron chi connectivity index (χ4n) is 2.02. The molecular weight excluding hydrogens is 232 g/mol. The van der Waals surface area contributed by atoms with Crippen LogP contribution in [0.4, 0.5) is 0 Å². The SMILES string of the molecule is COc1ccc(OC)c(C(=O)N2CCNCC2)c1. The van der Waals surface area contributed by atoms with E-state index in [-0.39, 0.29) is 5.91 Å². The van der Waals surface area contributed by atoms with Crippen molar-refractivity contribution >= 4 is 5.91 Å². The average molecular weight is 250 g/mol. The highest BCUT2D eigenvalue weighted by Gasteiger charge is 2.21. The smallest absolute Gasteiger partial charge is 0.257 e. The zero-order chi connectivity index (χ0) is 13.0. The van der Waals surface area contributed by atoms with Gasteiger partial charge in [0.1, 0.15) is 11.5 Å². The lowest BCUT2D eigenvalue weighted by Gasteiger charge is -2.28. The van der Waals surface area contributed by atoms with Crippen molar-refractivity contribution in [1.29, 1.82) is 0 Å². The summed E-state index contributed by atoms with van der Waals surface area (Å²) in [5.74, 6) is 1.24. The lowest BCUT2D eigenvalue weighted by molar-refractivity contribution is 0.0732. The molecule has 0 saturated carbocycles. The molecule has 1 fully saturated rings. The van der Waals surface area contributed by atoms with Crippen molar-refractivity contribution in [2.45, 2.75) is 0 Å². The molecule has 1 amide bonds. The Morgan fingerprint density at radius 3 is 2.56 bits per heavy atom. The molecule has 5 nitrogen and oxygen atoms in total. The van der Waals surface area contributed by atoms with Gasteiger partial charge in [0, 0.05) is 26.2 Å². The molecule has 0 unspecified atom stereocenters. The molecule has 1 N–H and O–H groups in total. The minimum atomic E-state index is -0.00718. The molecule has 1 aliphatic heterocycles. The number of nitrogens with one attached hydrogen (secondary N) is 1. The third-order valence-corrected chi connectivity index (χ3v) is 3.04. The number of benzene rings is 1. The zero-order valence-corrected chi connectivity index (χ0v) is 10.7. The highest BCUT2D eigenvalue weighted by atomic mass is 16.5. The first-order valence-corrected chi connectivity index (χ1v) is 5.98. The maximum Gasteiger partial charge on any atom is 0.257 e. The number of ether oxygens (including phenoxy) is 2. The van der Waals surface area contributed by atoms with Crippen LogP contribution in [-0.2, 0) is 0 Å². The summed E-state index contributed by atoms with van der Waals surface area (Å²) in [6.07, 6.45) is 0. The molecule has 1 aromatic rings. The minimum absolute atomic E-state index is 0.00718. The molecule has 0 radical (unpaired) electrons. The van der Waals surface area contributed by atoms with E-state index in [9.17, 15) is 4.79 Å². The number of nitrogens with zero attached hydrogens (tertiary/aromatic N) is 1. The Hall–Kier alpha value is -1.75. The van der Waals surface area contributed by atoms with E-state index in [4.69, 9.17) is 9.47 Å². The second-order valence-electron chi connectivity index (χ2n) is 4.11. The van der Waals surface area contributed by atoms with Crippen molar-refractivity contribution in [3.05, 3.63) is 23.8 Å². The molecule has 1 aromatic carbocycles. The van der Waals surface area contributed by atoms with Gasteiger partial charge in [-0.3, -0.25) is 4.79 Å². The Kier molecular flexibility index (Phi) is 4.04. The molecule has 98 valence electrons. The fraction of sp³-hybridized carbons (Fsp3) is 0.462. The van der Waals surface area contributed by atoms with Crippen molar-refractivity contribution in [3.8, 4) is 11.5 Å². The van der Waals surface area contributed by atoms with Gasteiger partial charge in [-0.05, 0) is 18.2 Å². The number of methoxy groups -OCH3 is 2. The number of hydrogen-bond acceptors (Lipinski definition) is 4. The molecular formula is C13H18N2O3. The van der Waals surface area contributed by atoms with E-state index in [1.54, 1.807) is 32.4 Å². The molecule has 0 aromatic heterocycles. The van der Waals surface area contributed by atoms with E-state index in [1.165, 1.54) is 0 Å². The molecule has 5 heteroatoms. The predicted octanol–water partition coefficient (Wildman–Crippen LogP) is 0.749. The molecule has 1 saturated heterocycles. The van der Waals surface area contributed by atoms with Gasteiger partial charge in [0.2, 0.25) is 0 Å². The molecule has 0 bridgehead atoms. The highest BCUT2D eigenvalue weighted by molar-refractivity contribution is 5.97. The van der Waals surface area contributed by atoms with E-state index in [0.717, 1.165) is 26.2 Å². The summed E-state index contributed by atoms with van der Waals surface area (Å²) < 4.78 is 10.4. The van der Waals surface area contributed by atoms with Crippen molar-refractivity contribution in [2.75, 3.05) is 40.4 Å². The van der Waals surface area contributed by atoms with Gasteiger partial charge in [0.15, 0.2) is 0 Å². The van der Waals surface area contributed by atoms with Crippen LogP contribution in [0, 0.1) is 0 Å². The Morgan fingerprint density at radius 2 is 1.94 bits per heavy atom. The first-order valence-electron chi connectivity index (χ1n) is 5.98. The third kappa shape index (κ3) is 2.56. The maximum absolute atomic E-state index is 12.4. The van der Waals surface area contributed by atoms with Gasteiger partial charge in [-0.15, -0.1) is 0 Å². The van der Waals surface area contributed by atoms with Crippen LogP contribution in [0.5, 0.6) is 11.5 Å². The van der Waals surface area contributed by atoms with Crippen molar-refractivity contribution in [2.24, 2.45) is 0 Å². The monoisotopic (exact) mass is 250 g/mol. The fourth-order valence-corrected chi connectivity index (χ4v) is 2.02. The summed E-state index contributed by atoms with van der Waals surface area (Å²) in [4.78, 5) is 14.2. The van der Waals surface area contributed by atoms with Crippen LogP contribution in [0.1, 0.15) is 10.4 Å². The summed E-state index contributed by atoms with van der Waals surface area (Å²) >= 11 is 0. The number of hydrogen-bond donors (Lipinski definition) is 1. The number of carbonyl (C=O) groups excluding carboxylic acids is 1. The molecule has 1 aliphatic rings. The highest BCUT2D eigenvalue weighted by Crippen LogP contribution is 2.25. The summed E-state index contributed by atoms with van der Waals surface area (Å²) in [6.45, 7) is 3.11. The van der Waals surface area contributed by atoms with Gasteiger partial charge in [0.05, 0.1) is 19.8 Å². The van der Waals surface area contributed by atoms with Gasteiger partial charge in [-0.2, -0.15) is 0 Å². The largest absolute Gasteiger partial charge is 0.497 e. The van der Waals surface area contributed by atoms with Gasteiger partial charge < -0.3 is 19.7 Å². The van der Waals surface area contributed by atoms with Gasteiger partial charge in [0.25, 0.3) is 5.91 Å². The Bertz CT molecular complexity index is 428. The van der Waals surface area contributed by atoms with E-state index < -0.39 is 0 Å². The predicted molar refractivity (Wildman–Crippen MR) is 68.3 cm³/mol. The lowest BCUT2D eigenvalue weighted by Crippen LogP contribution is -2.46. The van der Waals surface area contributed by atoms with Gasteiger partial charge >= 0.3 is 0 Å². The quantitative estimate of drug-likeness (QED) is 0.860. The Labute approximate surface area is 107 Å². The van der Waals surface area contributed by atoms with Crippen LogP contribution in [-0.4, -0.2) is 51.2 Å². The van der Waals surface area contributed by atoms with Crippen LogP contribution in [0.25, 0.3) is 0 Å². The molecule has 0 spiro atoms. The number of rotatable bonds is 3. The first-order chi connectivity index (χ1) is 8.76. The van der Waals surface area contributed by atoms with Crippen LogP contribution < -0.4 is 14.8 Å².